The minimum atomic E-state index is -0.101. The number of ether oxygens (including phenoxy) is 2. The summed E-state index contributed by atoms with van der Waals surface area (Å²) in [6, 6.07) is 3.51. The highest BCUT2D eigenvalue weighted by Gasteiger charge is 2.13. The third-order valence-electron chi connectivity index (χ3n) is 2.81. The van der Waals surface area contributed by atoms with Gasteiger partial charge in [0, 0.05) is 18.7 Å². The molecular formula is C14H22N2O3. The molecule has 0 fully saturated rings. The molecule has 0 saturated heterocycles. The Morgan fingerprint density at radius 2 is 1.79 bits per heavy atom. The van der Waals surface area contributed by atoms with Crippen LogP contribution in [-0.4, -0.2) is 39.8 Å². The van der Waals surface area contributed by atoms with E-state index in [-0.39, 0.29) is 5.91 Å². The van der Waals surface area contributed by atoms with Crippen LogP contribution in [-0.2, 0) is 0 Å². The maximum atomic E-state index is 12.1. The van der Waals surface area contributed by atoms with Crippen molar-refractivity contribution in [3.8, 4) is 11.5 Å². The molecular weight excluding hydrogens is 244 g/mol. The quantitative estimate of drug-likeness (QED) is 0.731. The van der Waals surface area contributed by atoms with Crippen LogP contribution >= 0.6 is 0 Å². The summed E-state index contributed by atoms with van der Waals surface area (Å²) in [6.45, 7) is 6.15. The second-order valence-corrected chi connectivity index (χ2v) is 4.13. The molecule has 1 aromatic carbocycles. The molecule has 0 atom stereocenters. The van der Waals surface area contributed by atoms with Crippen molar-refractivity contribution in [1.82, 2.24) is 10.6 Å². The number of nitrogens with one attached hydrogen (secondary N) is 2. The first kappa shape index (κ1) is 15.3. The van der Waals surface area contributed by atoms with Crippen LogP contribution in [0.5, 0.6) is 11.5 Å². The molecule has 2 N–H and O–H groups in total. The molecule has 1 rings (SSSR count). The smallest absolute Gasteiger partial charge is 0.251 e. The van der Waals surface area contributed by atoms with E-state index in [0.29, 0.717) is 23.6 Å². The Kier molecular flexibility index (Phi) is 6.15. The first-order chi connectivity index (χ1) is 9.13. The number of likely N-dealkylation sites (N-methyl/N-ethyl adjacent to an activating group) is 1. The lowest BCUT2D eigenvalue weighted by atomic mass is 10.1. The van der Waals surface area contributed by atoms with E-state index in [1.807, 2.05) is 13.8 Å². The van der Waals surface area contributed by atoms with E-state index >= 15 is 0 Å². The highest BCUT2D eigenvalue weighted by molar-refractivity contribution is 5.96. The summed E-state index contributed by atoms with van der Waals surface area (Å²) in [7, 11) is 3.13. The summed E-state index contributed by atoms with van der Waals surface area (Å²) < 4.78 is 10.4. The molecule has 0 spiro atoms. The van der Waals surface area contributed by atoms with Gasteiger partial charge in [-0.05, 0) is 31.2 Å². The lowest BCUT2D eigenvalue weighted by Gasteiger charge is -2.13. The third-order valence-corrected chi connectivity index (χ3v) is 2.81. The fourth-order valence-electron chi connectivity index (χ4n) is 1.76. The Balaban J connectivity index is 2.79. The topological polar surface area (TPSA) is 59.6 Å². The van der Waals surface area contributed by atoms with Crippen molar-refractivity contribution in [2.75, 3.05) is 33.9 Å². The Hall–Kier alpha value is -1.75. The lowest BCUT2D eigenvalue weighted by molar-refractivity contribution is 0.0953. The van der Waals surface area contributed by atoms with Crippen molar-refractivity contribution in [2.24, 2.45) is 0 Å². The van der Waals surface area contributed by atoms with Crippen LogP contribution in [0.3, 0.4) is 0 Å². The van der Waals surface area contributed by atoms with Gasteiger partial charge in [-0.25, -0.2) is 0 Å². The largest absolute Gasteiger partial charge is 0.493 e. The van der Waals surface area contributed by atoms with Gasteiger partial charge in [0.2, 0.25) is 0 Å². The van der Waals surface area contributed by atoms with Gasteiger partial charge in [-0.1, -0.05) is 6.92 Å². The van der Waals surface area contributed by atoms with E-state index in [1.54, 1.807) is 26.4 Å². The average Bonchev–Trinajstić information content (AvgIpc) is 2.42. The van der Waals surface area contributed by atoms with Gasteiger partial charge in [-0.3, -0.25) is 4.79 Å². The van der Waals surface area contributed by atoms with E-state index in [2.05, 4.69) is 10.6 Å². The monoisotopic (exact) mass is 266 g/mol. The summed E-state index contributed by atoms with van der Waals surface area (Å²) in [5, 5.41) is 6.02. The zero-order valence-corrected chi connectivity index (χ0v) is 12.0. The number of methoxy groups -OCH3 is 2. The first-order valence-electron chi connectivity index (χ1n) is 6.35. The zero-order chi connectivity index (χ0) is 14.3. The summed E-state index contributed by atoms with van der Waals surface area (Å²) >= 11 is 0. The molecule has 19 heavy (non-hydrogen) atoms. The molecule has 0 aliphatic carbocycles. The van der Waals surface area contributed by atoms with Gasteiger partial charge < -0.3 is 20.1 Å². The molecule has 0 radical (unpaired) electrons. The van der Waals surface area contributed by atoms with Crippen LogP contribution in [0.1, 0.15) is 22.8 Å². The molecule has 106 valence electrons. The van der Waals surface area contributed by atoms with Crippen LogP contribution in [0.15, 0.2) is 12.1 Å². The summed E-state index contributed by atoms with van der Waals surface area (Å²) in [4.78, 5) is 12.1. The summed E-state index contributed by atoms with van der Waals surface area (Å²) in [5.41, 5.74) is 1.47. The maximum absolute atomic E-state index is 12.1. The fourth-order valence-corrected chi connectivity index (χ4v) is 1.76. The Morgan fingerprint density at radius 3 is 2.37 bits per heavy atom. The van der Waals surface area contributed by atoms with E-state index in [9.17, 15) is 4.79 Å². The van der Waals surface area contributed by atoms with Crippen LogP contribution in [0.2, 0.25) is 0 Å². The fraction of sp³-hybridized carbons (Fsp3) is 0.500. The number of carbonyl (C=O) groups is 1. The lowest BCUT2D eigenvalue weighted by Crippen LogP contribution is -2.32. The number of hydrogen-bond acceptors (Lipinski definition) is 4. The van der Waals surface area contributed by atoms with Crippen molar-refractivity contribution in [2.45, 2.75) is 13.8 Å². The second-order valence-electron chi connectivity index (χ2n) is 4.13. The molecule has 0 aromatic heterocycles. The van der Waals surface area contributed by atoms with Crippen LogP contribution in [0.4, 0.5) is 0 Å². The Bertz CT molecular complexity index is 433. The number of carbonyl (C=O) groups excluding carboxylic acids is 1. The predicted molar refractivity (Wildman–Crippen MR) is 75.2 cm³/mol. The minimum Gasteiger partial charge on any atom is -0.493 e. The number of aryl methyl sites for hydroxylation is 1. The standard InChI is InChI=1S/C14H22N2O3/c1-5-15-6-7-16-14(17)11-9-13(19-4)12(18-3)8-10(11)2/h8-9,15H,5-7H2,1-4H3,(H,16,17). The molecule has 5 nitrogen and oxygen atoms in total. The van der Waals surface area contributed by atoms with Gasteiger partial charge in [0.15, 0.2) is 11.5 Å². The SMILES string of the molecule is CCNCCNC(=O)c1cc(OC)c(OC)cc1C. The highest BCUT2D eigenvalue weighted by Crippen LogP contribution is 2.30. The maximum Gasteiger partial charge on any atom is 0.251 e. The van der Waals surface area contributed by atoms with E-state index in [0.717, 1.165) is 18.7 Å². The van der Waals surface area contributed by atoms with Crippen molar-refractivity contribution in [1.29, 1.82) is 0 Å². The zero-order valence-electron chi connectivity index (χ0n) is 12.0. The summed E-state index contributed by atoms with van der Waals surface area (Å²) in [6.07, 6.45) is 0. The van der Waals surface area contributed by atoms with Crippen LogP contribution < -0.4 is 20.1 Å². The van der Waals surface area contributed by atoms with Crippen molar-refractivity contribution in [3.05, 3.63) is 23.3 Å². The van der Waals surface area contributed by atoms with Gasteiger partial charge in [-0.2, -0.15) is 0 Å². The summed E-state index contributed by atoms with van der Waals surface area (Å²) in [5.74, 6) is 1.09. The highest BCUT2D eigenvalue weighted by atomic mass is 16.5. The van der Waals surface area contributed by atoms with E-state index < -0.39 is 0 Å². The number of benzene rings is 1. The first-order valence-corrected chi connectivity index (χ1v) is 6.35. The number of rotatable bonds is 7. The van der Waals surface area contributed by atoms with E-state index in [1.165, 1.54) is 0 Å². The normalized spacial score (nSPS) is 10.1. The number of hydrogen-bond donors (Lipinski definition) is 2. The van der Waals surface area contributed by atoms with E-state index in [4.69, 9.17) is 9.47 Å². The van der Waals surface area contributed by atoms with Crippen molar-refractivity contribution < 1.29 is 14.3 Å². The minimum absolute atomic E-state index is 0.101. The molecule has 0 aliphatic heterocycles. The molecule has 0 aliphatic rings. The van der Waals surface area contributed by atoms with Crippen LogP contribution in [0, 0.1) is 6.92 Å². The van der Waals surface area contributed by atoms with Gasteiger partial charge in [0.05, 0.1) is 14.2 Å². The van der Waals surface area contributed by atoms with Gasteiger partial charge in [-0.15, -0.1) is 0 Å². The molecule has 0 bridgehead atoms. The second kappa shape index (κ2) is 7.63. The van der Waals surface area contributed by atoms with Gasteiger partial charge >= 0.3 is 0 Å². The molecule has 1 amide bonds. The predicted octanol–water partition coefficient (Wildman–Crippen LogP) is 1.35. The van der Waals surface area contributed by atoms with Gasteiger partial charge in [0.1, 0.15) is 0 Å². The van der Waals surface area contributed by atoms with Gasteiger partial charge in [0.25, 0.3) is 5.91 Å². The Labute approximate surface area is 114 Å². The van der Waals surface area contributed by atoms with Crippen molar-refractivity contribution >= 4 is 5.91 Å². The average molecular weight is 266 g/mol. The molecule has 5 heteroatoms. The molecule has 0 unspecified atom stereocenters. The molecule has 0 saturated carbocycles. The van der Waals surface area contributed by atoms with Crippen LogP contribution in [0.25, 0.3) is 0 Å². The molecule has 1 aromatic rings. The number of amides is 1. The Morgan fingerprint density at radius 1 is 1.16 bits per heavy atom. The molecule has 0 heterocycles. The van der Waals surface area contributed by atoms with Crippen molar-refractivity contribution in [3.63, 3.8) is 0 Å². The third kappa shape index (κ3) is 4.13.